The zero-order valence-electron chi connectivity index (χ0n) is 12.1. The van der Waals surface area contributed by atoms with Crippen molar-refractivity contribution in [3.05, 3.63) is 42.0 Å². The summed E-state index contributed by atoms with van der Waals surface area (Å²) in [5.41, 5.74) is 0.894. The van der Waals surface area contributed by atoms with Gasteiger partial charge in [0.15, 0.2) is 0 Å². The summed E-state index contributed by atoms with van der Waals surface area (Å²) in [6, 6.07) is 12.1. The Bertz CT molecular complexity index is 659. The number of fused-ring (bicyclic) bond motifs is 1. The van der Waals surface area contributed by atoms with Crippen LogP contribution < -0.4 is 10.6 Å². The number of hydrogen-bond acceptors (Lipinski definition) is 3. The SMILES string of the molecule is CC(NC1CCC(=O)NC1)c1ccc2ccccc2c1O. The second-order valence-corrected chi connectivity index (χ2v) is 5.65. The number of benzene rings is 2. The van der Waals surface area contributed by atoms with Crippen LogP contribution in [-0.2, 0) is 4.79 Å². The van der Waals surface area contributed by atoms with Crippen LogP contribution in [0.1, 0.15) is 31.4 Å². The lowest BCUT2D eigenvalue weighted by molar-refractivity contribution is -0.122. The van der Waals surface area contributed by atoms with E-state index in [1.165, 1.54) is 0 Å². The van der Waals surface area contributed by atoms with Gasteiger partial charge in [0.2, 0.25) is 5.91 Å². The van der Waals surface area contributed by atoms with Crippen molar-refractivity contribution in [1.82, 2.24) is 10.6 Å². The van der Waals surface area contributed by atoms with Crippen LogP contribution in [0, 0.1) is 0 Å². The lowest BCUT2D eigenvalue weighted by Crippen LogP contribution is -2.46. The van der Waals surface area contributed by atoms with Gasteiger partial charge in [-0.25, -0.2) is 0 Å². The average Bonchev–Trinajstić information content (AvgIpc) is 2.50. The van der Waals surface area contributed by atoms with Gasteiger partial charge in [-0.1, -0.05) is 36.4 Å². The van der Waals surface area contributed by atoms with Gasteiger partial charge in [-0.3, -0.25) is 4.79 Å². The third kappa shape index (κ3) is 2.85. The van der Waals surface area contributed by atoms with Gasteiger partial charge in [-0.05, 0) is 18.7 Å². The Hall–Kier alpha value is -2.07. The third-order valence-corrected chi connectivity index (χ3v) is 4.15. The number of aromatic hydroxyl groups is 1. The van der Waals surface area contributed by atoms with Crippen molar-refractivity contribution in [3.63, 3.8) is 0 Å². The Morgan fingerprint density at radius 1 is 1.29 bits per heavy atom. The first-order valence-electron chi connectivity index (χ1n) is 7.38. The lowest BCUT2D eigenvalue weighted by Gasteiger charge is -2.27. The monoisotopic (exact) mass is 284 g/mol. The number of hydrogen-bond donors (Lipinski definition) is 3. The smallest absolute Gasteiger partial charge is 0.220 e. The van der Waals surface area contributed by atoms with Crippen LogP contribution in [0.5, 0.6) is 5.75 Å². The van der Waals surface area contributed by atoms with Gasteiger partial charge >= 0.3 is 0 Å². The van der Waals surface area contributed by atoms with Crippen LogP contribution in [-0.4, -0.2) is 23.6 Å². The van der Waals surface area contributed by atoms with Gasteiger partial charge in [-0.15, -0.1) is 0 Å². The normalized spacial score (nSPS) is 20.2. The number of phenolic OH excluding ortho intramolecular Hbond substituents is 1. The molecule has 0 spiro atoms. The maximum absolute atomic E-state index is 11.2. The maximum Gasteiger partial charge on any atom is 0.220 e. The molecule has 4 heteroatoms. The molecule has 2 aromatic carbocycles. The van der Waals surface area contributed by atoms with Gasteiger partial charge in [0, 0.05) is 36.0 Å². The summed E-state index contributed by atoms with van der Waals surface area (Å²) in [5, 5.41) is 18.8. The zero-order chi connectivity index (χ0) is 14.8. The van der Waals surface area contributed by atoms with E-state index in [0.717, 1.165) is 22.8 Å². The molecule has 2 atom stereocenters. The molecule has 0 aromatic heterocycles. The standard InChI is InChI=1S/C17H20N2O2/c1-11(19-13-7-9-16(20)18-10-13)14-8-6-12-4-2-3-5-15(12)17(14)21/h2-6,8,11,13,19,21H,7,9-10H2,1H3,(H,18,20). The number of carbonyl (C=O) groups is 1. The number of phenols is 1. The summed E-state index contributed by atoms with van der Waals surface area (Å²) in [4.78, 5) is 11.2. The van der Waals surface area contributed by atoms with Crippen LogP contribution >= 0.6 is 0 Å². The highest BCUT2D eigenvalue weighted by molar-refractivity contribution is 5.89. The molecule has 1 amide bonds. The van der Waals surface area contributed by atoms with Crippen molar-refractivity contribution in [3.8, 4) is 5.75 Å². The molecule has 0 bridgehead atoms. The summed E-state index contributed by atoms with van der Waals surface area (Å²) >= 11 is 0. The molecule has 3 rings (SSSR count). The van der Waals surface area contributed by atoms with Crippen molar-refractivity contribution in [2.75, 3.05) is 6.54 Å². The number of rotatable bonds is 3. The predicted octanol–water partition coefficient (Wildman–Crippen LogP) is 2.47. The molecule has 4 nitrogen and oxygen atoms in total. The molecule has 2 aromatic rings. The second-order valence-electron chi connectivity index (χ2n) is 5.65. The fourth-order valence-corrected chi connectivity index (χ4v) is 2.94. The molecule has 1 fully saturated rings. The van der Waals surface area contributed by atoms with Gasteiger partial charge in [0.1, 0.15) is 5.75 Å². The maximum atomic E-state index is 11.2. The highest BCUT2D eigenvalue weighted by Crippen LogP contribution is 2.32. The molecule has 1 aliphatic rings. The lowest BCUT2D eigenvalue weighted by atomic mass is 9.99. The Morgan fingerprint density at radius 3 is 2.86 bits per heavy atom. The van der Waals surface area contributed by atoms with Gasteiger partial charge in [0.05, 0.1) is 0 Å². The minimum atomic E-state index is 0.0367. The van der Waals surface area contributed by atoms with Crippen molar-refractivity contribution < 1.29 is 9.90 Å². The Kier molecular flexibility index (Phi) is 3.80. The summed E-state index contributed by atoms with van der Waals surface area (Å²) in [7, 11) is 0. The summed E-state index contributed by atoms with van der Waals surface area (Å²) in [5.74, 6) is 0.460. The van der Waals surface area contributed by atoms with Gasteiger partial charge in [-0.2, -0.15) is 0 Å². The van der Waals surface area contributed by atoms with E-state index >= 15 is 0 Å². The average molecular weight is 284 g/mol. The summed E-state index contributed by atoms with van der Waals surface area (Å²) in [6.45, 7) is 2.69. The van der Waals surface area contributed by atoms with Crippen molar-refractivity contribution in [1.29, 1.82) is 0 Å². The first-order valence-corrected chi connectivity index (χ1v) is 7.38. The molecule has 0 saturated carbocycles. The molecule has 1 heterocycles. The van der Waals surface area contributed by atoms with E-state index in [9.17, 15) is 9.90 Å². The highest BCUT2D eigenvalue weighted by Gasteiger charge is 2.21. The minimum Gasteiger partial charge on any atom is -0.507 e. The van der Waals surface area contributed by atoms with E-state index in [4.69, 9.17) is 0 Å². The minimum absolute atomic E-state index is 0.0367. The number of carbonyl (C=O) groups excluding carboxylic acids is 1. The first kappa shape index (κ1) is 13.9. The fraction of sp³-hybridized carbons (Fsp3) is 0.353. The highest BCUT2D eigenvalue weighted by atomic mass is 16.3. The molecular weight excluding hydrogens is 264 g/mol. The Labute approximate surface area is 124 Å². The van der Waals surface area contributed by atoms with Crippen LogP contribution in [0.2, 0.25) is 0 Å². The quantitative estimate of drug-likeness (QED) is 0.811. The third-order valence-electron chi connectivity index (χ3n) is 4.15. The molecule has 0 radical (unpaired) electrons. The van der Waals surface area contributed by atoms with Crippen LogP contribution in [0.4, 0.5) is 0 Å². The zero-order valence-corrected chi connectivity index (χ0v) is 12.1. The van der Waals surface area contributed by atoms with Crippen molar-refractivity contribution in [2.45, 2.75) is 31.8 Å². The summed E-state index contributed by atoms with van der Waals surface area (Å²) < 4.78 is 0. The van der Waals surface area contributed by atoms with Gasteiger partial charge in [0.25, 0.3) is 0 Å². The number of nitrogens with one attached hydrogen (secondary N) is 2. The molecule has 21 heavy (non-hydrogen) atoms. The van der Waals surface area contributed by atoms with E-state index in [0.29, 0.717) is 18.7 Å². The molecule has 1 aliphatic heterocycles. The van der Waals surface area contributed by atoms with Crippen LogP contribution in [0.25, 0.3) is 10.8 Å². The topological polar surface area (TPSA) is 61.4 Å². The van der Waals surface area contributed by atoms with Crippen molar-refractivity contribution in [2.24, 2.45) is 0 Å². The van der Waals surface area contributed by atoms with Gasteiger partial charge < -0.3 is 15.7 Å². The molecular formula is C17H20N2O2. The number of amides is 1. The molecule has 2 unspecified atom stereocenters. The molecule has 0 aliphatic carbocycles. The Morgan fingerprint density at radius 2 is 2.10 bits per heavy atom. The molecule has 3 N–H and O–H groups in total. The van der Waals surface area contributed by atoms with E-state index < -0.39 is 0 Å². The largest absolute Gasteiger partial charge is 0.507 e. The van der Waals surface area contributed by atoms with Crippen molar-refractivity contribution >= 4 is 16.7 Å². The van der Waals surface area contributed by atoms with E-state index in [1.807, 2.05) is 43.3 Å². The second kappa shape index (κ2) is 5.74. The molecule has 110 valence electrons. The number of piperidine rings is 1. The van der Waals surface area contributed by atoms with Crippen LogP contribution in [0.3, 0.4) is 0 Å². The Balaban J connectivity index is 1.79. The molecule has 1 saturated heterocycles. The van der Waals surface area contributed by atoms with Crippen LogP contribution in [0.15, 0.2) is 36.4 Å². The first-order chi connectivity index (χ1) is 10.1. The van der Waals surface area contributed by atoms with E-state index in [-0.39, 0.29) is 18.0 Å². The van der Waals surface area contributed by atoms with E-state index in [1.54, 1.807) is 0 Å². The predicted molar refractivity (Wildman–Crippen MR) is 83.2 cm³/mol. The van der Waals surface area contributed by atoms with E-state index in [2.05, 4.69) is 10.6 Å². The summed E-state index contributed by atoms with van der Waals surface area (Å²) in [6.07, 6.45) is 1.40. The fourth-order valence-electron chi connectivity index (χ4n) is 2.94.